The minimum Gasteiger partial charge on any atom is -0.444 e. The molecule has 7 atom stereocenters. The van der Waals surface area contributed by atoms with Gasteiger partial charge in [-0.3, -0.25) is 29.0 Å². The van der Waals surface area contributed by atoms with Crippen molar-refractivity contribution in [3.8, 4) is 0 Å². The van der Waals surface area contributed by atoms with Crippen LogP contribution in [0.15, 0.2) is 12.2 Å². The van der Waals surface area contributed by atoms with Crippen molar-refractivity contribution in [2.75, 3.05) is 19.6 Å². The van der Waals surface area contributed by atoms with Crippen molar-refractivity contribution in [3.63, 3.8) is 0 Å². The van der Waals surface area contributed by atoms with Crippen LogP contribution >= 0.6 is 0 Å². The van der Waals surface area contributed by atoms with E-state index in [1.54, 1.807) is 20.8 Å². The maximum Gasteiger partial charge on any atom is 0.481 e. The average molecular weight is 627 g/mol. The lowest BCUT2D eigenvalue weighted by Gasteiger charge is -2.63. The zero-order valence-electron chi connectivity index (χ0n) is 27.4. The molecule has 7 rings (SSSR count). The zero-order chi connectivity index (χ0) is 32.5. The first kappa shape index (κ1) is 32.0. The van der Waals surface area contributed by atoms with Crippen molar-refractivity contribution in [2.45, 2.75) is 122 Å². The Morgan fingerprint density at radius 2 is 1.80 bits per heavy atom. The van der Waals surface area contributed by atoms with Gasteiger partial charge in [0.1, 0.15) is 11.6 Å². The number of rotatable bonds is 7. The Labute approximate surface area is 265 Å². The van der Waals surface area contributed by atoms with Crippen LogP contribution in [0, 0.1) is 17.3 Å². The Hall–Kier alpha value is -2.93. The number of hydrogen-bond donors (Lipinski definition) is 1. The van der Waals surface area contributed by atoms with Crippen LogP contribution in [0.2, 0.25) is 0 Å². The summed E-state index contributed by atoms with van der Waals surface area (Å²) in [6.07, 6.45) is 6.19. The van der Waals surface area contributed by atoms with E-state index in [4.69, 9.17) is 14.0 Å². The Bertz CT molecular complexity index is 1280. The first-order valence-corrected chi connectivity index (χ1v) is 16.5. The van der Waals surface area contributed by atoms with Crippen LogP contribution in [0.1, 0.15) is 86.5 Å². The number of hydrogen-bond acceptors (Lipinski definition) is 8. The third kappa shape index (κ3) is 5.90. The van der Waals surface area contributed by atoms with Gasteiger partial charge in [-0.1, -0.05) is 13.8 Å². The van der Waals surface area contributed by atoms with Gasteiger partial charge in [0.25, 0.3) is 11.8 Å². The van der Waals surface area contributed by atoms with Crippen LogP contribution in [-0.4, -0.2) is 107 Å². The van der Waals surface area contributed by atoms with Crippen molar-refractivity contribution < 1.29 is 38.0 Å². The average Bonchev–Trinajstić information content (AvgIpc) is 3.73. The van der Waals surface area contributed by atoms with Gasteiger partial charge in [-0.25, -0.2) is 4.79 Å². The highest BCUT2D eigenvalue weighted by Gasteiger charge is 2.68. The third-order valence-electron chi connectivity index (χ3n) is 11.0. The largest absolute Gasteiger partial charge is 0.481 e. The zero-order valence-corrected chi connectivity index (χ0v) is 27.4. The predicted octanol–water partition coefficient (Wildman–Crippen LogP) is 2.44. The van der Waals surface area contributed by atoms with E-state index in [-0.39, 0.29) is 72.6 Å². The molecule has 0 aromatic heterocycles. The molecule has 3 aliphatic carbocycles. The van der Waals surface area contributed by atoms with Gasteiger partial charge >= 0.3 is 13.2 Å². The number of carbonyl (C=O) groups is 5. The number of likely N-dealkylation sites (tertiary alicyclic amines) is 2. The summed E-state index contributed by atoms with van der Waals surface area (Å²) in [5.41, 5.74) is -0.888. The molecule has 246 valence electrons. The number of nitrogens with one attached hydrogen (secondary N) is 1. The summed E-state index contributed by atoms with van der Waals surface area (Å²) in [5, 5.41) is 2.96. The summed E-state index contributed by atoms with van der Waals surface area (Å²) in [6.45, 7) is 13.0. The minimum absolute atomic E-state index is 0.00219. The van der Waals surface area contributed by atoms with Gasteiger partial charge in [0.15, 0.2) is 0 Å². The summed E-state index contributed by atoms with van der Waals surface area (Å²) >= 11 is 0. The summed E-state index contributed by atoms with van der Waals surface area (Å²) in [6, 6.07) is -1.26. The fraction of sp³-hybridized carbons (Fsp3) is 0.781. The van der Waals surface area contributed by atoms with Crippen molar-refractivity contribution >= 4 is 36.8 Å². The Kier molecular flexibility index (Phi) is 8.11. The van der Waals surface area contributed by atoms with Crippen molar-refractivity contribution in [1.82, 2.24) is 20.0 Å². The molecule has 6 fully saturated rings. The number of amides is 5. The maximum absolute atomic E-state index is 14.3. The number of carbonyl (C=O) groups excluding carboxylic acids is 5. The summed E-state index contributed by atoms with van der Waals surface area (Å²) in [5.74, 6) is -0.418. The Morgan fingerprint density at radius 3 is 2.47 bits per heavy atom. The van der Waals surface area contributed by atoms with Crippen LogP contribution < -0.4 is 5.32 Å². The fourth-order valence-corrected chi connectivity index (χ4v) is 8.49. The minimum atomic E-state index is -0.803. The molecule has 1 N–H and O–H groups in total. The van der Waals surface area contributed by atoms with Crippen molar-refractivity contribution in [3.05, 3.63) is 12.2 Å². The number of nitrogens with zero attached hydrogens (tertiary/aromatic N) is 3. The van der Waals surface area contributed by atoms with E-state index in [0.717, 1.165) is 30.6 Å². The van der Waals surface area contributed by atoms with Crippen LogP contribution in [-0.2, 0) is 33.2 Å². The molecular formula is C32H47BN4O8. The normalized spacial score (nSPS) is 35.2. The molecule has 7 aliphatic rings. The third-order valence-corrected chi connectivity index (χ3v) is 11.0. The van der Waals surface area contributed by atoms with E-state index < -0.39 is 30.9 Å². The molecule has 4 heterocycles. The lowest BCUT2D eigenvalue weighted by atomic mass is 9.45. The molecule has 5 amide bonds. The summed E-state index contributed by atoms with van der Waals surface area (Å²) in [4.78, 5) is 68.4. The quantitative estimate of drug-likeness (QED) is 0.337. The topological polar surface area (TPSA) is 135 Å². The first-order chi connectivity index (χ1) is 21.1. The van der Waals surface area contributed by atoms with Gasteiger partial charge < -0.3 is 24.3 Å². The molecule has 0 spiro atoms. The first-order valence-electron chi connectivity index (χ1n) is 16.5. The predicted molar refractivity (Wildman–Crippen MR) is 163 cm³/mol. The molecule has 13 heteroatoms. The van der Waals surface area contributed by atoms with Crippen molar-refractivity contribution in [2.24, 2.45) is 17.3 Å². The van der Waals surface area contributed by atoms with Crippen LogP contribution in [0.5, 0.6) is 0 Å². The molecule has 3 saturated carbocycles. The van der Waals surface area contributed by atoms with Crippen molar-refractivity contribution in [1.29, 1.82) is 0 Å². The lowest BCUT2D eigenvalue weighted by Crippen LogP contribution is -2.63. The standard InChI is InChI=1S/C32H47BN4O8/c1-30(2,3)43-29(42)37-18-20(34-24(38)10-8-14-36-25(39)11-12-26(36)40)16-22(37)28(41)35-13-7-9-23(35)33-44-27-21-15-19(31(21,4)5)17-32(27,6)45-33/h11-12,19-23,27H,7-10,13-18H2,1-6H3,(H,34,38)/t19?,20-,21?,22+,23+,27?,32?/m1/s1. The second kappa shape index (κ2) is 11.4. The highest BCUT2D eigenvalue weighted by atomic mass is 16.7. The lowest BCUT2D eigenvalue weighted by molar-refractivity contribution is -0.185. The molecule has 45 heavy (non-hydrogen) atoms. The molecule has 0 aromatic rings. The molecular weight excluding hydrogens is 579 g/mol. The van der Waals surface area contributed by atoms with E-state index >= 15 is 0 Å². The summed E-state index contributed by atoms with van der Waals surface area (Å²) in [7, 11) is -0.516. The molecule has 4 unspecified atom stereocenters. The number of imide groups is 1. The van der Waals surface area contributed by atoms with Gasteiger partial charge in [-0.05, 0) is 83.5 Å². The van der Waals surface area contributed by atoms with Gasteiger partial charge in [0.05, 0.1) is 17.6 Å². The highest BCUT2D eigenvalue weighted by Crippen LogP contribution is 2.65. The molecule has 0 aromatic carbocycles. The van der Waals surface area contributed by atoms with Gasteiger partial charge in [-0.2, -0.15) is 0 Å². The van der Waals surface area contributed by atoms with Gasteiger partial charge in [0.2, 0.25) is 11.8 Å². The fourth-order valence-electron chi connectivity index (χ4n) is 8.49. The van der Waals surface area contributed by atoms with E-state index in [0.29, 0.717) is 24.8 Å². The number of ether oxygens (including phenoxy) is 1. The van der Waals surface area contributed by atoms with Gasteiger partial charge in [0, 0.05) is 44.2 Å². The van der Waals surface area contributed by atoms with Gasteiger partial charge in [-0.15, -0.1) is 0 Å². The molecule has 12 nitrogen and oxygen atoms in total. The van der Waals surface area contributed by atoms with Crippen LogP contribution in [0.4, 0.5) is 4.79 Å². The van der Waals surface area contributed by atoms with E-state index in [1.165, 1.54) is 17.1 Å². The molecule has 0 radical (unpaired) electrons. The van der Waals surface area contributed by atoms with E-state index in [9.17, 15) is 24.0 Å². The summed E-state index contributed by atoms with van der Waals surface area (Å²) < 4.78 is 19.0. The maximum atomic E-state index is 14.3. The monoisotopic (exact) mass is 626 g/mol. The SMILES string of the molecule is CC(C)(C)OC(=O)N1C[C@H](NC(=O)CCCN2C(=O)C=CC2=O)C[C@H]1C(=O)N1CCC[C@H]1B1OC2C3CC(CC2(C)O1)C3(C)C. The highest BCUT2D eigenvalue weighted by molar-refractivity contribution is 6.48. The molecule has 3 saturated heterocycles. The van der Waals surface area contributed by atoms with E-state index in [1.807, 2.05) is 4.90 Å². The smallest absolute Gasteiger partial charge is 0.444 e. The molecule has 2 bridgehead atoms. The Balaban J connectivity index is 1.11. The van der Waals surface area contributed by atoms with E-state index in [2.05, 4.69) is 26.1 Å². The second-order valence-corrected chi connectivity index (χ2v) is 15.6. The Morgan fingerprint density at radius 1 is 1.09 bits per heavy atom. The second-order valence-electron chi connectivity index (χ2n) is 15.6. The van der Waals surface area contributed by atoms with Crippen LogP contribution in [0.3, 0.4) is 0 Å². The molecule has 4 aliphatic heterocycles. The van der Waals surface area contributed by atoms with Crippen LogP contribution in [0.25, 0.3) is 0 Å².